The van der Waals surface area contributed by atoms with Gasteiger partial charge in [-0.2, -0.15) is 0 Å². The fourth-order valence-corrected chi connectivity index (χ4v) is 4.50. The van der Waals surface area contributed by atoms with Gasteiger partial charge in [-0.15, -0.1) is 0 Å². The molecule has 2 nitrogen and oxygen atoms in total. The molecular weight excluding hydrogens is 236 g/mol. The molecule has 2 unspecified atom stereocenters. The third-order valence-corrected chi connectivity index (χ3v) is 6.55. The molecule has 108 valence electrons. The van der Waals surface area contributed by atoms with Crippen LogP contribution >= 0.6 is 0 Å². The lowest BCUT2D eigenvalue weighted by Crippen LogP contribution is -2.37. The Labute approximate surface area is 117 Å². The van der Waals surface area contributed by atoms with E-state index in [0.29, 0.717) is 17.9 Å². The molecule has 2 heteroatoms. The van der Waals surface area contributed by atoms with Crippen LogP contribution in [-0.2, 0) is 4.74 Å². The van der Waals surface area contributed by atoms with E-state index in [-0.39, 0.29) is 5.41 Å². The Hall–Kier alpha value is -0.340. The highest BCUT2D eigenvalue weighted by Gasteiger charge is 2.57. The third-order valence-electron chi connectivity index (χ3n) is 6.55. The summed E-state index contributed by atoms with van der Waals surface area (Å²) in [4.78, 5) is 0. The van der Waals surface area contributed by atoms with Crippen molar-refractivity contribution in [3.8, 4) is 0 Å². The van der Waals surface area contributed by atoms with E-state index >= 15 is 0 Å². The van der Waals surface area contributed by atoms with Gasteiger partial charge < -0.3 is 9.84 Å². The van der Waals surface area contributed by atoms with Gasteiger partial charge in [-0.05, 0) is 48.0 Å². The molecule has 0 aromatic rings. The Balaban J connectivity index is 1.67. The van der Waals surface area contributed by atoms with Crippen LogP contribution in [0, 0.1) is 16.7 Å². The molecule has 19 heavy (non-hydrogen) atoms. The number of ether oxygens (including phenoxy) is 1. The number of allylic oxidation sites excluding steroid dienone is 1. The Morgan fingerprint density at radius 3 is 2.37 bits per heavy atom. The minimum atomic E-state index is -0.846. The van der Waals surface area contributed by atoms with Crippen LogP contribution in [0.3, 0.4) is 0 Å². The first kappa shape index (κ1) is 13.6. The number of fused-ring (bicyclic) bond motifs is 2. The smallest absolute Gasteiger partial charge is 0.165 e. The van der Waals surface area contributed by atoms with Crippen molar-refractivity contribution < 1.29 is 9.84 Å². The van der Waals surface area contributed by atoms with Gasteiger partial charge in [0.2, 0.25) is 0 Å². The molecule has 1 N–H and O–H groups in total. The lowest BCUT2D eigenvalue weighted by molar-refractivity contribution is -0.216. The maximum atomic E-state index is 10.5. The van der Waals surface area contributed by atoms with Crippen LogP contribution in [-0.4, -0.2) is 17.5 Å². The summed E-state index contributed by atoms with van der Waals surface area (Å²) < 4.78 is 5.95. The summed E-state index contributed by atoms with van der Waals surface area (Å²) in [6.45, 7) is 7.81. The largest absolute Gasteiger partial charge is 0.365 e. The van der Waals surface area contributed by atoms with Crippen molar-refractivity contribution in [2.45, 2.75) is 71.5 Å². The number of aliphatic hydroxyl groups is 1. The summed E-state index contributed by atoms with van der Waals surface area (Å²) in [6.07, 6.45) is 10.1. The molecular formula is C17H28O2. The molecule has 0 aromatic carbocycles. The van der Waals surface area contributed by atoms with Crippen LogP contribution in [0.25, 0.3) is 0 Å². The summed E-state index contributed by atoms with van der Waals surface area (Å²) in [5, 5.41) is 10.5. The number of rotatable bonds is 3. The van der Waals surface area contributed by atoms with Crippen LogP contribution in [0.5, 0.6) is 0 Å². The van der Waals surface area contributed by atoms with Crippen molar-refractivity contribution in [2.75, 3.05) is 6.61 Å². The van der Waals surface area contributed by atoms with E-state index in [9.17, 15) is 5.11 Å². The minimum Gasteiger partial charge on any atom is -0.365 e. The molecule has 0 amide bonds. The molecule has 3 aliphatic rings. The van der Waals surface area contributed by atoms with E-state index in [4.69, 9.17) is 4.74 Å². The Morgan fingerprint density at radius 2 is 1.84 bits per heavy atom. The van der Waals surface area contributed by atoms with Crippen molar-refractivity contribution in [3.63, 3.8) is 0 Å². The molecule has 0 aliphatic heterocycles. The van der Waals surface area contributed by atoms with E-state index < -0.39 is 5.79 Å². The molecule has 2 fully saturated rings. The Morgan fingerprint density at radius 1 is 1.16 bits per heavy atom. The van der Waals surface area contributed by atoms with E-state index in [1.54, 1.807) is 0 Å². The highest BCUT2D eigenvalue weighted by atomic mass is 16.6. The van der Waals surface area contributed by atoms with Gasteiger partial charge in [-0.25, -0.2) is 0 Å². The van der Waals surface area contributed by atoms with Crippen molar-refractivity contribution in [2.24, 2.45) is 16.7 Å². The normalized spacial score (nSPS) is 39.4. The fraction of sp³-hybridized carbons (Fsp3) is 0.882. The molecule has 0 spiro atoms. The van der Waals surface area contributed by atoms with Gasteiger partial charge in [0.1, 0.15) is 0 Å². The van der Waals surface area contributed by atoms with Crippen molar-refractivity contribution in [3.05, 3.63) is 11.6 Å². The predicted octanol–water partition coefficient (Wildman–Crippen LogP) is 4.04. The van der Waals surface area contributed by atoms with Crippen LogP contribution < -0.4 is 0 Å². The highest BCUT2D eigenvalue weighted by Crippen LogP contribution is 2.65. The van der Waals surface area contributed by atoms with Crippen molar-refractivity contribution in [1.29, 1.82) is 0 Å². The molecule has 2 atom stereocenters. The molecule has 2 saturated carbocycles. The molecule has 3 rings (SSSR count). The van der Waals surface area contributed by atoms with Gasteiger partial charge in [0, 0.05) is 12.8 Å². The predicted molar refractivity (Wildman–Crippen MR) is 76.7 cm³/mol. The van der Waals surface area contributed by atoms with Gasteiger partial charge in [-0.1, -0.05) is 33.3 Å². The lowest BCUT2D eigenvalue weighted by atomic mass is 9.67. The summed E-state index contributed by atoms with van der Waals surface area (Å²) >= 11 is 0. The van der Waals surface area contributed by atoms with Crippen LogP contribution in [0.2, 0.25) is 0 Å². The van der Waals surface area contributed by atoms with Crippen molar-refractivity contribution >= 4 is 0 Å². The molecule has 0 heterocycles. The van der Waals surface area contributed by atoms with Gasteiger partial charge in [0.15, 0.2) is 5.79 Å². The zero-order valence-corrected chi connectivity index (χ0v) is 12.7. The standard InChI is InChI=1S/C17H28O2/c1-15(2)13-7-10-16(15,3)14(11-13)12-19-17(18)8-5-4-6-9-17/h11,13,18H,4-10,12H2,1-3H3. The highest BCUT2D eigenvalue weighted by molar-refractivity contribution is 5.32. The Kier molecular flexibility index (Phi) is 3.10. The minimum absolute atomic E-state index is 0.280. The summed E-state index contributed by atoms with van der Waals surface area (Å²) in [7, 11) is 0. The summed E-state index contributed by atoms with van der Waals surface area (Å²) in [5.74, 6) is -0.140. The quantitative estimate of drug-likeness (QED) is 0.616. The first-order valence-corrected chi connectivity index (χ1v) is 7.95. The van der Waals surface area contributed by atoms with Gasteiger partial charge >= 0.3 is 0 Å². The molecule has 2 bridgehead atoms. The average molecular weight is 264 g/mol. The number of hydrogen-bond acceptors (Lipinski definition) is 2. The topological polar surface area (TPSA) is 29.5 Å². The Bertz CT molecular complexity index is 390. The maximum absolute atomic E-state index is 10.5. The molecule has 3 aliphatic carbocycles. The fourth-order valence-electron chi connectivity index (χ4n) is 4.50. The van der Waals surface area contributed by atoms with E-state index in [1.165, 1.54) is 24.8 Å². The van der Waals surface area contributed by atoms with E-state index in [1.807, 2.05) is 0 Å². The van der Waals surface area contributed by atoms with Crippen LogP contribution in [0.1, 0.15) is 65.7 Å². The third kappa shape index (κ3) is 1.99. The lowest BCUT2D eigenvalue weighted by Gasteiger charge is -2.39. The second-order valence-corrected chi connectivity index (χ2v) is 7.69. The first-order valence-electron chi connectivity index (χ1n) is 7.95. The van der Waals surface area contributed by atoms with E-state index in [2.05, 4.69) is 26.8 Å². The molecule has 0 saturated heterocycles. The van der Waals surface area contributed by atoms with Gasteiger partial charge in [0.05, 0.1) is 6.61 Å². The SMILES string of the molecule is CC12CCC(C=C1COC1(O)CCCCC1)C2(C)C. The van der Waals surface area contributed by atoms with Gasteiger partial charge in [0.25, 0.3) is 0 Å². The average Bonchev–Trinajstić information content (AvgIpc) is 2.70. The maximum Gasteiger partial charge on any atom is 0.165 e. The summed E-state index contributed by atoms with van der Waals surface area (Å²) in [5.41, 5.74) is 2.08. The summed E-state index contributed by atoms with van der Waals surface area (Å²) in [6, 6.07) is 0. The van der Waals surface area contributed by atoms with Gasteiger partial charge in [-0.3, -0.25) is 0 Å². The zero-order chi connectivity index (χ0) is 13.7. The molecule has 0 radical (unpaired) electrons. The van der Waals surface area contributed by atoms with E-state index in [0.717, 1.165) is 25.7 Å². The number of hydrogen-bond donors (Lipinski definition) is 1. The van der Waals surface area contributed by atoms with Crippen LogP contribution in [0.15, 0.2) is 11.6 Å². The molecule has 0 aromatic heterocycles. The monoisotopic (exact) mass is 264 g/mol. The van der Waals surface area contributed by atoms with Crippen LogP contribution in [0.4, 0.5) is 0 Å². The second-order valence-electron chi connectivity index (χ2n) is 7.69. The van der Waals surface area contributed by atoms with Crippen molar-refractivity contribution in [1.82, 2.24) is 0 Å². The second kappa shape index (κ2) is 4.33. The first-order chi connectivity index (χ1) is 8.87. The zero-order valence-electron chi connectivity index (χ0n) is 12.7.